The molecule has 1 N–H and O–H groups in total. The summed E-state index contributed by atoms with van der Waals surface area (Å²) in [6.07, 6.45) is 2.16. The minimum absolute atomic E-state index is 0.215. The third-order valence-electron chi connectivity index (χ3n) is 5.69. The Morgan fingerprint density at radius 1 is 1.11 bits per heavy atom. The minimum atomic E-state index is 0.215. The number of hydrogen-bond donors (Lipinski definition) is 1. The molecule has 1 atom stereocenters. The Hall–Kier alpha value is -3.14. The van der Waals surface area contributed by atoms with Gasteiger partial charge in [0.15, 0.2) is 5.78 Å². The molecule has 1 unspecified atom stereocenters. The van der Waals surface area contributed by atoms with Gasteiger partial charge < -0.3 is 9.72 Å². The molecule has 0 aliphatic heterocycles. The maximum Gasteiger partial charge on any atom is 0.165 e. The summed E-state index contributed by atoms with van der Waals surface area (Å²) in [5, 5.41) is 2.15. The predicted molar refractivity (Wildman–Crippen MR) is 111 cm³/mol. The minimum Gasteiger partial charge on any atom is -0.497 e. The Labute approximate surface area is 163 Å². The average molecular weight is 370 g/mol. The van der Waals surface area contributed by atoms with E-state index in [4.69, 9.17) is 9.72 Å². The predicted octanol–water partition coefficient (Wildman–Crippen LogP) is 5.08. The lowest BCUT2D eigenvalue weighted by Crippen LogP contribution is -2.20. The number of methoxy groups -OCH3 is 1. The number of ether oxygens (including phenoxy) is 1. The van der Waals surface area contributed by atoms with Crippen molar-refractivity contribution in [1.29, 1.82) is 0 Å². The molecule has 4 aromatic rings. The second-order valence-corrected chi connectivity index (χ2v) is 7.76. The van der Waals surface area contributed by atoms with Crippen LogP contribution in [0.15, 0.2) is 48.5 Å². The fraction of sp³-hybridized carbons (Fsp3) is 0.250. The number of benzene rings is 2. The van der Waals surface area contributed by atoms with Gasteiger partial charge in [0, 0.05) is 34.7 Å². The molecule has 5 rings (SSSR count). The first-order valence-corrected chi connectivity index (χ1v) is 9.72. The number of para-hydroxylation sites is 1. The molecule has 1 aliphatic rings. The monoisotopic (exact) mass is 370 g/mol. The van der Waals surface area contributed by atoms with Gasteiger partial charge in [-0.2, -0.15) is 0 Å². The largest absolute Gasteiger partial charge is 0.497 e. The van der Waals surface area contributed by atoms with Crippen molar-refractivity contribution in [2.24, 2.45) is 5.92 Å². The Morgan fingerprint density at radius 2 is 1.89 bits per heavy atom. The molecule has 0 radical (unpaired) electrons. The number of ketones is 1. The highest BCUT2D eigenvalue weighted by atomic mass is 16.5. The Balaban J connectivity index is 1.74. The number of aromatic amines is 1. The summed E-state index contributed by atoms with van der Waals surface area (Å²) in [5.41, 5.74) is 5.97. The van der Waals surface area contributed by atoms with Crippen LogP contribution in [0.5, 0.6) is 5.75 Å². The van der Waals surface area contributed by atoms with Gasteiger partial charge in [0.2, 0.25) is 0 Å². The molecule has 28 heavy (non-hydrogen) atoms. The molecule has 0 fully saturated rings. The Kier molecular flexibility index (Phi) is 3.93. The zero-order chi connectivity index (χ0) is 19.3. The second kappa shape index (κ2) is 6.48. The van der Waals surface area contributed by atoms with Crippen LogP contribution in [0.25, 0.3) is 21.8 Å². The summed E-state index contributed by atoms with van der Waals surface area (Å²) in [6, 6.07) is 16.3. The van der Waals surface area contributed by atoms with Crippen molar-refractivity contribution in [3.8, 4) is 5.75 Å². The smallest absolute Gasteiger partial charge is 0.165 e. The third-order valence-corrected chi connectivity index (χ3v) is 5.69. The summed E-state index contributed by atoms with van der Waals surface area (Å²) < 4.78 is 5.27. The van der Waals surface area contributed by atoms with E-state index in [-0.39, 0.29) is 5.78 Å². The maximum atomic E-state index is 12.9. The third kappa shape index (κ3) is 2.68. The fourth-order valence-electron chi connectivity index (χ4n) is 4.37. The topological polar surface area (TPSA) is 55.0 Å². The lowest BCUT2D eigenvalue weighted by Gasteiger charge is -2.21. The molecular weight excluding hydrogens is 348 g/mol. The number of rotatable bonds is 3. The standard InChI is InChI=1S/C24H22N2O2/c1-14-11-19-23(21(27)12-14)22-17-5-3-4-6-18(17)26-24(22)20(25-19)13-15-7-9-16(28-2)10-8-15/h3-10,14,26H,11-13H2,1-2H3. The number of Topliss-reactive ketones (excluding diaryl/α,β-unsaturated/α-hetero) is 1. The van der Waals surface area contributed by atoms with E-state index in [1.165, 1.54) is 5.56 Å². The molecule has 0 amide bonds. The number of aromatic nitrogens is 2. The van der Waals surface area contributed by atoms with Crippen molar-refractivity contribution in [3.05, 3.63) is 71.0 Å². The molecule has 140 valence electrons. The first kappa shape index (κ1) is 17.0. The van der Waals surface area contributed by atoms with E-state index >= 15 is 0 Å². The normalized spacial score (nSPS) is 16.5. The van der Waals surface area contributed by atoms with Crippen LogP contribution in [0.2, 0.25) is 0 Å². The first-order valence-electron chi connectivity index (χ1n) is 9.72. The maximum absolute atomic E-state index is 12.9. The summed E-state index contributed by atoms with van der Waals surface area (Å²) >= 11 is 0. The lowest BCUT2D eigenvalue weighted by atomic mass is 9.84. The van der Waals surface area contributed by atoms with E-state index in [2.05, 4.69) is 36.2 Å². The molecule has 2 heterocycles. The second-order valence-electron chi connectivity index (χ2n) is 7.76. The molecule has 0 saturated carbocycles. The van der Waals surface area contributed by atoms with Crippen molar-refractivity contribution in [2.45, 2.75) is 26.2 Å². The molecule has 2 aromatic heterocycles. The number of H-pyrrole nitrogens is 1. The number of carbonyl (C=O) groups is 1. The van der Waals surface area contributed by atoms with Gasteiger partial charge in [-0.3, -0.25) is 9.78 Å². The fourth-order valence-corrected chi connectivity index (χ4v) is 4.37. The van der Waals surface area contributed by atoms with Crippen LogP contribution in [-0.4, -0.2) is 22.9 Å². The van der Waals surface area contributed by atoms with Crippen LogP contribution < -0.4 is 4.74 Å². The summed E-state index contributed by atoms with van der Waals surface area (Å²) in [7, 11) is 1.67. The number of nitrogens with zero attached hydrogens (tertiary/aromatic N) is 1. The number of carbonyl (C=O) groups excluding carboxylic acids is 1. The SMILES string of the molecule is COc1ccc(Cc2nc3c(c4c2[nH]c2ccccc24)C(=O)CC(C)C3)cc1. The lowest BCUT2D eigenvalue weighted by molar-refractivity contribution is 0.0954. The van der Waals surface area contributed by atoms with Crippen molar-refractivity contribution in [3.63, 3.8) is 0 Å². The van der Waals surface area contributed by atoms with Crippen molar-refractivity contribution < 1.29 is 9.53 Å². The van der Waals surface area contributed by atoms with E-state index in [9.17, 15) is 4.79 Å². The molecular formula is C24H22N2O2. The Bertz CT molecular complexity index is 1200. The number of hydrogen-bond acceptors (Lipinski definition) is 3. The van der Waals surface area contributed by atoms with Crippen molar-refractivity contribution in [2.75, 3.05) is 7.11 Å². The molecule has 4 heteroatoms. The molecule has 4 nitrogen and oxygen atoms in total. The van der Waals surface area contributed by atoms with Crippen LogP contribution in [0.1, 0.15) is 40.7 Å². The van der Waals surface area contributed by atoms with Gasteiger partial charge in [0.05, 0.1) is 24.0 Å². The zero-order valence-corrected chi connectivity index (χ0v) is 16.1. The van der Waals surface area contributed by atoms with Crippen molar-refractivity contribution in [1.82, 2.24) is 9.97 Å². The summed E-state index contributed by atoms with van der Waals surface area (Å²) in [5.74, 6) is 1.40. The van der Waals surface area contributed by atoms with Crippen LogP contribution in [-0.2, 0) is 12.8 Å². The van der Waals surface area contributed by atoms with Gasteiger partial charge in [-0.1, -0.05) is 37.3 Å². The number of pyridine rings is 1. The molecule has 0 saturated heterocycles. The number of fused-ring (bicyclic) bond motifs is 5. The van der Waals surface area contributed by atoms with Gasteiger partial charge in [0.25, 0.3) is 0 Å². The van der Waals surface area contributed by atoms with Crippen LogP contribution in [0.3, 0.4) is 0 Å². The molecule has 0 spiro atoms. The molecule has 0 bridgehead atoms. The summed E-state index contributed by atoms with van der Waals surface area (Å²) in [6.45, 7) is 2.13. The average Bonchev–Trinajstić information content (AvgIpc) is 3.08. The van der Waals surface area contributed by atoms with Gasteiger partial charge in [-0.05, 0) is 36.1 Å². The van der Waals surface area contributed by atoms with E-state index < -0.39 is 0 Å². The van der Waals surface area contributed by atoms with Gasteiger partial charge >= 0.3 is 0 Å². The van der Waals surface area contributed by atoms with E-state index in [0.717, 1.165) is 50.9 Å². The highest BCUT2D eigenvalue weighted by Crippen LogP contribution is 2.36. The number of nitrogens with one attached hydrogen (secondary N) is 1. The highest BCUT2D eigenvalue weighted by molar-refractivity contribution is 6.19. The van der Waals surface area contributed by atoms with Crippen LogP contribution in [0, 0.1) is 5.92 Å². The van der Waals surface area contributed by atoms with Gasteiger partial charge in [0.1, 0.15) is 5.75 Å². The Morgan fingerprint density at radius 3 is 2.68 bits per heavy atom. The van der Waals surface area contributed by atoms with E-state index in [0.29, 0.717) is 18.8 Å². The van der Waals surface area contributed by atoms with Crippen LogP contribution >= 0.6 is 0 Å². The first-order chi connectivity index (χ1) is 13.6. The zero-order valence-electron chi connectivity index (χ0n) is 16.1. The van der Waals surface area contributed by atoms with E-state index in [1.807, 2.05) is 24.3 Å². The van der Waals surface area contributed by atoms with Crippen molar-refractivity contribution >= 4 is 27.6 Å². The van der Waals surface area contributed by atoms with Gasteiger partial charge in [-0.15, -0.1) is 0 Å². The quantitative estimate of drug-likeness (QED) is 0.547. The van der Waals surface area contributed by atoms with Crippen LogP contribution in [0.4, 0.5) is 0 Å². The highest BCUT2D eigenvalue weighted by Gasteiger charge is 2.28. The molecule has 1 aliphatic carbocycles. The van der Waals surface area contributed by atoms with E-state index in [1.54, 1.807) is 7.11 Å². The van der Waals surface area contributed by atoms with Gasteiger partial charge in [-0.25, -0.2) is 0 Å². The molecule has 2 aromatic carbocycles. The summed E-state index contributed by atoms with van der Waals surface area (Å²) in [4.78, 5) is 21.4.